The van der Waals surface area contributed by atoms with Gasteiger partial charge in [0, 0.05) is 6.20 Å². The highest BCUT2D eigenvalue weighted by atomic mass is 35.5. The van der Waals surface area contributed by atoms with Gasteiger partial charge in [-0.3, -0.25) is 18.9 Å². The number of ether oxygens (including phenoxy) is 1. The lowest BCUT2D eigenvalue weighted by Crippen LogP contribution is -2.42. The molecule has 0 aromatic carbocycles. The number of halogens is 2. The smallest absolute Gasteiger partial charge is 0.385 e. The maximum Gasteiger partial charge on any atom is 0.481 e. The number of aliphatic hydroxyl groups is 2. The summed E-state index contributed by atoms with van der Waals surface area (Å²) in [6, 6.07) is 0. The molecular formula is C9H12ClFN2O11P2S. The summed E-state index contributed by atoms with van der Waals surface area (Å²) in [5, 5.41) is 19.5. The molecule has 0 amide bonds. The molecule has 2 rings (SSSR count). The van der Waals surface area contributed by atoms with Crippen LogP contribution in [0.15, 0.2) is 11.0 Å². The van der Waals surface area contributed by atoms with Crippen molar-refractivity contribution >= 4 is 39.5 Å². The van der Waals surface area contributed by atoms with E-state index >= 15 is 4.39 Å². The molecular weight excluding hydrogens is 461 g/mol. The van der Waals surface area contributed by atoms with Gasteiger partial charge >= 0.3 is 15.6 Å². The summed E-state index contributed by atoms with van der Waals surface area (Å²) < 4.78 is 71.9. The Morgan fingerprint density at radius 2 is 2.11 bits per heavy atom. The van der Waals surface area contributed by atoms with Crippen LogP contribution in [-0.4, -0.2) is 59.1 Å². The van der Waals surface area contributed by atoms with Crippen molar-refractivity contribution in [2.75, 3.05) is 6.56 Å². The van der Waals surface area contributed by atoms with Crippen LogP contribution in [0.2, 0.25) is 5.02 Å². The van der Waals surface area contributed by atoms with Gasteiger partial charge in [-0.1, -0.05) is 11.6 Å². The summed E-state index contributed by atoms with van der Waals surface area (Å²) in [5.41, 5.74) is -0.949. The second kappa shape index (κ2) is 7.71. The van der Waals surface area contributed by atoms with Crippen molar-refractivity contribution in [2.24, 2.45) is 0 Å². The Hall–Kier alpha value is -0.540. The number of phosphoric ester groups is 1. The van der Waals surface area contributed by atoms with Crippen molar-refractivity contribution in [1.29, 1.82) is 0 Å². The highest BCUT2D eigenvalue weighted by molar-refractivity contribution is 7.71. The lowest BCUT2D eigenvalue weighted by atomic mass is 10.1. The number of H-pyrrole nitrogens is 1. The maximum absolute atomic E-state index is 15.3. The summed E-state index contributed by atoms with van der Waals surface area (Å²) in [5.74, 6) is -4.32. The lowest BCUT2D eigenvalue weighted by Gasteiger charge is -2.24. The summed E-state index contributed by atoms with van der Waals surface area (Å²) >= 11 is 10.3. The molecule has 2 heterocycles. The normalized spacial score (nSPS) is 35.9. The SMILES string of the molecule is [2H]C([2H])(OP(=O)(O)OP(=O)(O)O)[C@@]1(F)O[C@@]([2H])(n2cc(Cl)c(=O)[nH]c2=S)[C@H](O)[C@@H]1O. The first-order valence-electron chi connectivity index (χ1n) is 7.83. The Morgan fingerprint density at radius 3 is 2.67 bits per heavy atom. The number of nitrogens with zero attached hydrogens (tertiary/aromatic N) is 1. The minimum atomic E-state index is -6.02. The minimum Gasteiger partial charge on any atom is -0.385 e. The topological polar surface area (TPSA) is 201 Å². The van der Waals surface area contributed by atoms with Gasteiger partial charge in [-0.2, -0.15) is 4.31 Å². The van der Waals surface area contributed by atoms with Crippen LogP contribution < -0.4 is 5.56 Å². The van der Waals surface area contributed by atoms with Gasteiger partial charge in [0.25, 0.3) is 11.4 Å². The largest absolute Gasteiger partial charge is 0.481 e. The standard InChI is InChI=1S/C9H12ClFN2O11P2S/c10-3-1-13(8(27)12-6(3)16)7-4(14)5(15)9(11,23-7)2-22-26(20,21)24-25(17,18)19/h1,4-5,7,14-15H,2H2,(H,20,21)(H,12,16,27)(H2,17,18,19)/t4-,5+,7-,9-/m1/s1/i2D2,7D. The number of hydrogen-bond donors (Lipinski definition) is 6. The number of aromatic amines is 1. The molecule has 0 aliphatic carbocycles. The predicted octanol–water partition coefficient (Wildman–Crippen LogP) is -0.298. The zero-order valence-electron chi connectivity index (χ0n) is 15.4. The molecule has 1 aromatic rings. The summed E-state index contributed by atoms with van der Waals surface area (Å²) in [7, 11) is -11.8. The number of rotatable bonds is 6. The molecule has 1 aliphatic heterocycles. The molecule has 0 spiro atoms. The van der Waals surface area contributed by atoms with E-state index in [1.54, 1.807) is 0 Å². The van der Waals surface area contributed by atoms with Crippen molar-refractivity contribution in [2.45, 2.75) is 24.3 Å². The van der Waals surface area contributed by atoms with Gasteiger partial charge in [-0.05, 0) is 12.2 Å². The van der Waals surface area contributed by atoms with E-state index in [0.29, 0.717) is 10.8 Å². The Labute approximate surface area is 163 Å². The van der Waals surface area contributed by atoms with Gasteiger partial charge in [-0.15, -0.1) is 0 Å². The van der Waals surface area contributed by atoms with E-state index in [0.717, 1.165) is 0 Å². The van der Waals surface area contributed by atoms with E-state index in [1.165, 1.54) is 0 Å². The molecule has 18 heteroatoms. The van der Waals surface area contributed by atoms with Gasteiger partial charge in [0.1, 0.15) is 23.8 Å². The fraction of sp³-hybridized carbons (Fsp3) is 0.556. The first-order chi connectivity index (χ1) is 13.3. The third-order valence-corrected chi connectivity index (χ3v) is 5.40. The van der Waals surface area contributed by atoms with Crippen molar-refractivity contribution in [3.05, 3.63) is 26.3 Å². The Bertz CT molecular complexity index is 1070. The van der Waals surface area contributed by atoms with Gasteiger partial charge in [0.2, 0.25) is 0 Å². The minimum absolute atomic E-state index is 0.335. The van der Waals surface area contributed by atoms with Crippen molar-refractivity contribution in [3.63, 3.8) is 0 Å². The highest BCUT2D eigenvalue weighted by Gasteiger charge is 2.57. The van der Waals surface area contributed by atoms with Crippen LogP contribution in [0, 0.1) is 4.77 Å². The van der Waals surface area contributed by atoms with Crippen LogP contribution in [0.25, 0.3) is 0 Å². The molecule has 0 saturated carbocycles. The third kappa shape index (κ3) is 5.29. The molecule has 6 N–H and O–H groups in total. The van der Waals surface area contributed by atoms with Gasteiger partial charge < -0.3 is 29.6 Å². The summed E-state index contributed by atoms with van der Waals surface area (Å²) in [6.45, 7) is -4.26. The summed E-state index contributed by atoms with van der Waals surface area (Å²) in [4.78, 5) is 39.7. The van der Waals surface area contributed by atoms with Crippen LogP contribution >= 0.6 is 39.5 Å². The zero-order chi connectivity index (χ0) is 23.5. The number of hydrogen-bond acceptors (Lipinski definition) is 9. The molecule has 154 valence electrons. The predicted molar refractivity (Wildman–Crippen MR) is 85.8 cm³/mol. The van der Waals surface area contributed by atoms with Crippen LogP contribution in [0.4, 0.5) is 4.39 Å². The van der Waals surface area contributed by atoms with Crippen molar-refractivity contribution in [3.8, 4) is 0 Å². The molecule has 13 nitrogen and oxygen atoms in total. The zero-order valence-corrected chi connectivity index (χ0v) is 15.8. The van der Waals surface area contributed by atoms with Crippen molar-refractivity contribution < 1.29 is 56.1 Å². The first kappa shape index (κ1) is 18.5. The van der Waals surface area contributed by atoms with E-state index < -0.39 is 61.8 Å². The van der Waals surface area contributed by atoms with Gasteiger partial charge in [-0.25, -0.2) is 13.5 Å². The maximum atomic E-state index is 15.3. The molecule has 0 radical (unpaired) electrons. The first-order valence-corrected chi connectivity index (χ1v) is 10.1. The van der Waals surface area contributed by atoms with Crippen LogP contribution in [0.3, 0.4) is 0 Å². The molecule has 0 bridgehead atoms. The van der Waals surface area contributed by atoms with Gasteiger partial charge in [0.15, 0.2) is 11.0 Å². The third-order valence-electron chi connectivity index (χ3n) is 2.83. The quantitative estimate of drug-likeness (QED) is 0.232. The molecule has 1 saturated heterocycles. The fourth-order valence-corrected chi connectivity index (χ4v) is 3.59. The average molecular weight is 476 g/mol. The van der Waals surface area contributed by atoms with Crippen LogP contribution in [-0.2, 0) is 22.7 Å². The van der Waals surface area contributed by atoms with Crippen LogP contribution in [0.1, 0.15) is 10.3 Å². The summed E-state index contributed by atoms with van der Waals surface area (Å²) in [6.07, 6.45) is -8.29. The van der Waals surface area contributed by atoms with E-state index in [1.807, 2.05) is 4.98 Å². The van der Waals surface area contributed by atoms with E-state index in [2.05, 4.69) is 13.6 Å². The number of aromatic nitrogens is 2. The lowest BCUT2D eigenvalue weighted by molar-refractivity contribution is -0.204. The Morgan fingerprint density at radius 1 is 1.52 bits per heavy atom. The number of nitrogens with one attached hydrogen (secondary N) is 1. The van der Waals surface area contributed by atoms with E-state index in [9.17, 15) is 29.0 Å². The fourth-order valence-electron chi connectivity index (χ4n) is 1.77. The molecule has 5 atom stereocenters. The molecule has 1 aliphatic rings. The number of alkyl halides is 1. The second-order valence-corrected chi connectivity index (χ2v) is 8.36. The molecule has 1 fully saturated rings. The van der Waals surface area contributed by atoms with Crippen molar-refractivity contribution in [1.82, 2.24) is 9.55 Å². The average Bonchev–Trinajstić information content (AvgIpc) is 2.70. The molecule has 1 unspecified atom stereocenters. The Balaban J connectivity index is 2.51. The molecule has 1 aromatic heterocycles. The monoisotopic (exact) mass is 475 g/mol. The second-order valence-electron chi connectivity index (χ2n) is 4.82. The highest BCUT2D eigenvalue weighted by Crippen LogP contribution is 2.58. The van der Waals surface area contributed by atoms with E-state index in [-0.39, 0.29) is 0 Å². The molecule has 27 heavy (non-hydrogen) atoms. The van der Waals surface area contributed by atoms with Crippen LogP contribution in [0.5, 0.6) is 0 Å². The number of phosphoric acid groups is 2. The van der Waals surface area contributed by atoms with Gasteiger partial charge in [0.05, 0.1) is 4.11 Å². The Kier molecular flexibility index (Phi) is 5.28. The number of aliphatic hydroxyl groups excluding tert-OH is 2. The van der Waals surface area contributed by atoms with E-state index in [4.69, 9.17) is 37.7 Å².